The summed E-state index contributed by atoms with van der Waals surface area (Å²) in [4.78, 5) is 7.92. The number of nitrogens with zero attached hydrogens (tertiary/aromatic N) is 2. The summed E-state index contributed by atoms with van der Waals surface area (Å²) in [5, 5.41) is 0.690. The Hall–Kier alpha value is -0.610. The first-order valence-electron chi connectivity index (χ1n) is 5.50. The quantitative estimate of drug-likeness (QED) is 0.831. The van der Waals surface area contributed by atoms with E-state index < -0.39 is 0 Å². The normalized spacial score (nSPS) is 32.9. The summed E-state index contributed by atoms with van der Waals surface area (Å²) in [6.45, 7) is 8.34. The van der Waals surface area contributed by atoms with Crippen LogP contribution in [0.3, 0.4) is 0 Å². The van der Waals surface area contributed by atoms with E-state index in [0.717, 1.165) is 18.4 Å². The maximum Gasteiger partial charge on any atom is 0.180 e. The van der Waals surface area contributed by atoms with Crippen LogP contribution in [0.1, 0.15) is 18.7 Å². The lowest BCUT2D eigenvalue weighted by Crippen LogP contribution is -2.25. The van der Waals surface area contributed by atoms with Gasteiger partial charge >= 0.3 is 0 Å². The van der Waals surface area contributed by atoms with Crippen molar-refractivity contribution in [1.29, 1.82) is 0 Å². The topological polar surface area (TPSA) is 42.2 Å². The number of anilines is 1. The minimum atomic E-state index is 0.614. The number of nitrogens with two attached hydrogens (primary N) is 1. The van der Waals surface area contributed by atoms with Gasteiger partial charge in [0.2, 0.25) is 0 Å². The molecule has 2 unspecified atom stereocenters. The van der Waals surface area contributed by atoms with Crippen LogP contribution in [0.5, 0.6) is 0 Å². The SMILES string of the molecule is CC1(C)C2CN(Cc3cnc(N)s3)CC21. The van der Waals surface area contributed by atoms with Crippen LogP contribution in [0.4, 0.5) is 5.13 Å². The van der Waals surface area contributed by atoms with Gasteiger partial charge in [-0.1, -0.05) is 13.8 Å². The zero-order chi connectivity index (χ0) is 10.6. The number of likely N-dealkylation sites (tertiary alicyclic amines) is 1. The van der Waals surface area contributed by atoms with Crippen molar-refractivity contribution >= 4 is 16.5 Å². The minimum Gasteiger partial charge on any atom is -0.375 e. The number of fused-ring (bicyclic) bond motifs is 1. The monoisotopic (exact) mass is 223 g/mol. The Bertz CT molecular complexity index is 371. The van der Waals surface area contributed by atoms with Gasteiger partial charge in [-0.2, -0.15) is 0 Å². The highest BCUT2D eigenvalue weighted by atomic mass is 32.1. The van der Waals surface area contributed by atoms with Crippen LogP contribution in [0.2, 0.25) is 0 Å². The average Bonchev–Trinajstić information content (AvgIpc) is 2.64. The molecular weight excluding hydrogens is 206 g/mol. The molecule has 0 bridgehead atoms. The van der Waals surface area contributed by atoms with Gasteiger partial charge in [-0.25, -0.2) is 4.98 Å². The van der Waals surface area contributed by atoms with Crippen molar-refractivity contribution in [3.05, 3.63) is 11.1 Å². The molecule has 2 fully saturated rings. The Balaban J connectivity index is 1.60. The van der Waals surface area contributed by atoms with Crippen LogP contribution in [0.25, 0.3) is 0 Å². The predicted octanol–water partition coefficient (Wildman–Crippen LogP) is 1.81. The molecule has 1 aliphatic heterocycles. The third kappa shape index (κ3) is 1.47. The molecule has 15 heavy (non-hydrogen) atoms. The van der Waals surface area contributed by atoms with Crippen molar-refractivity contribution in [2.45, 2.75) is 20.4 Å². The van der Waals surface area contributed by atoms with Gasteiger partial charge in [-0.3, -0.25) is 4.90 Å². The number of nitrogen functional groups attached to an aromatic ring is 1. The second kappa shape index (κ2) is 2.95. The Kier molecular flexibility index (Phi) is 1.89. The third-order valence-electron chi connectivity index (χ3n) is 4.15. The molecule has 1 aromatic rings. The molecule has 2 N–H and O–H groups in total. The zero-order valence-corrected chi connectivity index (χ0v) is 10.0. The smallest absolute Gasteiger partial charge is 0.180 e. The molecule has 1 saturated carbocycles. The van der Waals surface area contributed by atoms with E-state index in [4.69, 9.17) is 5.73 Å². The largest absolute Gasteiger partial charge is 0.375 e. The highest BCUT2D eigenvalue weighted by molar-refractivity contribution is 7.15. The summed E-state index contributed by atoms with van der Waals surface area (Å²) in [5.41, 5.74) is 6.24. The number of rotatable bonds is 2. The molecule has 82 valence electrons. The van der Waals surface area contributed by atoms with Crippen molar-refractivity contribution in [1.82, 2.24) is 9.88 Å². The predicted molar refractivity (Wildman–Crippen MR) is 62.6 cm³/mol. The summed E-state index contributed by atoms with van der Waals surface area (Å²) in [6, 6.07) is 0. The maximum absolute atomic E-state index is 5.62. The van der Waals surface area contributed by atoms with Gasteiger partial charge in [0.15, 0.2) is 5.13 Å². The number of aromatic nitrogens is 1. The van der Waals surface area contributed by atoms with E-state index in [-0.39, 0.29) is 0 Å². The van der Waals surface area contributed by atoms with Gasteiger partial charge in [-0.05, 0) is 17.3 Å². The molecule has 4 heteroatoms. The average molecular weight is 223 g/mol. The third-order valence-corrected chi connectivity index (χ3v) is 4.96. The molecule has 0 spiro atoms. The first kappa shape index (κ1) is 9.60. The second-order valence-electron chi connectivity index (χ2n) is 5.39. The van der Waals surface area contributed by atoms with Gasteiger partial charge < -0.3 is 5.73 Å². The van der Waals surface area contributed by atoms with E-state index in [1.807, 2.05) is 6.20 Å². The highest BCUT2D eigenvalue weighted by Crippen LogP contribution is 2.62. The number of thiazole rings is 1. The van der Waals surface area contributed by atoms with E-state index >= 15 is 0 Å². The molecule has 0 radical (unpaired) electrons. The molecule has 1 aromatic heterocycles. The number of piperidine rings is 1. The fraction of sp³-hybridized carbons (Fsp3) is 0.727. The van der Waals surface area contributed by atoms with Crippen LogP contribution in [-0.2, 0) is 6.54 Å². The van der Waals surface area contributed by atoms with Gasteiger partial charge in [0.05, 0.1) is 0 Å². The van der Waals surface area contributed by atoms with E-state index in [1.165, 1.54) is 18.0 Å². The fourth-order valence-corrected chi connectivity index (χ4v) is 3.69. The van der Waals surface area contributed by atoms with E-state index in [0.29, 0.717) is 10.5 Å². The summed E-state index contributed by atoms with van der Waals surface area (Å²) >= 11 is 1.62. The second-order valence-corrected chi connectivity index (χ2v) is 6.54. The molecule has 1 aliphatic carbocycles. The van der Waals surface area contributed by atoms with Crippen molar-refractivity contribution in [2.24, 2.45) is 17.3 Å². The van der Waals surface area contributed by atoms with E-state index in [1.54, 1.807) is 11.3 Å². The molecule has 2 aliphatic rings. The highest BCUT2D eigenvalue weighted by Gasteiger charge is 2.61. The standard InChI is InChI=1S/C11H17N3S/c1-11(2)8-5-14(6-9(8)11)4-7-3-13-10(12)15-7/h3,8-9H,4-6H2,1-2H3,(H2,12,13). The van der Waals surface area contributed by atoms with Crippen molar-refractivity contribution in [3.63, 3.8) is 0 Å². The fourth-order valence-electron chi connectivity index (χ4n) is 2.96. The molecule has 2 heterocycles. The molecular formula is C11H17N3S. The Morgan fingerprint density at radius 1 is 1.53 bits per heavy atom. The molecule has 1 saturated heterocycles. The van der Waals surface area contributed by atoms with Gasteiger partial charge in [0, 0.05) is 30.7 Å². The molecule has 3 rings (SSSR count). The molecule has 2 atom stereocenters. The lowest BCUT2D eigenvalue weighted by atomic mass is 10.1. The molecule has 0 amide bonds. The number of hydrogen-bond acceptors (Lipinski definition) is 4. The summed E-state index contributed by atoms with van der Waals surface area (Å²) in [6.07, 6.45) is 1.91. The molecule has 0 aromatic carbocycles. The lowest BCUT2D eigenvalue weighted by molar-refractivity contribution is 0.253. The van der Waals surface area contributed by atoms with Crippen LogP contribution >= 0.6 is 11.3 Å². The van der Waals surface area contributed by atoms with Crippen LogP contribution in [-0.4, -0.2) is 23.0 Å². The molecule has 3 nitrogen and oxygen atoms in total. The van der Waals surface area contributed by atoms with Crippen molar-refractivity contribution in [2.75, 3.05) is 18.8 Å². The maximum atomic E-state index is 5.62. The van der Waals surface area contributed by atoms with E-state index in [2.05, 4.69) is 23.7 Å². The summed E-state index contributed by atoms with van der Waals surface area (Å²) < 4.78 is 0. The Labute approximate surface area is 94.3 Å². The van der Waals surface area contributed by atoms with Gasteiger partial charge in [0.25, 0.3) is 0 Å². The lowest BCUT2D eigenvalue weighted by Gasteiger charge is -2.20. The Morgan fingerprint density at radius 2 is 2.20 bits per heavy atom. The minimum absolute atomic E-state index is 0.614. The van der Waals surface area contributed by atoms with Crippen molar-refractivity contribution in [3.8, 4) is 0 Å². The summed E-state index contributed by atoms with van der Waals surface area (Å²) in [5.74, 6) is 1.87. The van der Waals surface area contributed by atoms with Gasteiger partial charge in [-0.15, -0.1) is 11.3 Å². The van der Waals surface area contributed by atoms with Crippen molar-refractivity contribution < 1.29 is 0 Å². The zero-order valence-electron chi connectivity index (χ0n) is 9.23. The van der Waals surface area contributed by atoms with Crippen LogP contribution < -0.4 is 5.73 Å². The van der Waals surface area contributed by atoms with Gasteiger partial charge in [0.1, 0.15) is 0 Å². The first-order chi connectivity index (χ1) is 7.07. The summed E-state index contributed by atoms with van der Waals surface area (Å²) in [7, 11) is 0. The van der Waals surface area contributed by atoms with Crippen LogP contribution in [0.15, 0.2) is 6.20 Å². The van der Waals surface area contributed by atoms with E-state index in [9.17, 15) is 0 Å². The number of hydrogen-bond donors (Lipinski definition) is 1. The first-order valence-corrected chi connectivity index (χ1v) is 6.31. The Morgan fingerprint density at radius 3 is 2.73 bits per heavy atom. The van der Waals surface area contributed by atoms with Crippen LogP contribution in [0, 0.1) is 17.3 Å².